The Morgan fingerprint density at radius 2 is 1.93 bits per heavy atom. The van der Waals surface area contributed by atoms with Crippen LogP contribution in [0, 0.1) is 0 Å². The smallest absolute Gasteiger partial charge is 0.236 e. The van der Waals surface area contributed by atoms with Crippen LogP contribution in [-0.2, 0) is 11.2 Å². The van der Waals surface area contributed by atoms with E-state index in [4.69, 9.17) is 4.52 Å². The van der Waals surface area contributed by atoms with Crippen LogP contribution in [0.4, 0.5) is 0 Å². The van der Waals surface area contributed by atoms with Gasteiger partial charge in [0.2, 0.25) is 17.6 Å². The maximum absolute atomic E-state index is 12.2. The molecule has 1 amide bonds. The third-order valence-electron chi connectivity index (χ3n) is 4.54. The Morgan fingerprint density at radius 3 is 2.71 bits per heavy atom. The molecule has 0 atom stereocenters. The molecule has 4 aromatic rings. The number of rotatable bonds is 6. The highest BCUT2D eigenvalue weighted by Crippen LogP contribution is 2.24. The van der Waals surface area contributed by atoms with Crippen LogP contribution < -0.4 is 0 Å². The van der Waals surface area contributed by atoms with Crippen molar-refractivity contribution in [3.8, 4) is 22.6 Å². The van der Waals surface area contributed by atoms with Gasteiger partial charge in [-0.15, -0.1) is 0 Å². The highest BCUT2D eigenvalue weighted by molar-refractivity contribution is 5.78. The summed E-state index contributed by atoms with van der Waals surface area (Å²) in [4.78, 5) is 22.9. The molecular weight excluding hydrogens is 356 g/mol. The number of imidazole rings is 1. The predicted octanol–water partition coefficient (Wildman–Crippen LogP) is 2.86. The lowest BCUT2D eigenvalue weighted by Crippen LogP contribution is -2.31. The Bertz CT molecular complexity index is 1080. The summed E-state index contributed by atoms with van der Waals surface area (Å²) in [5.74, 6) is 0.742. The topological polar surface area (TPSA) is 89.4 Å². The largest absolute Gasteiger partial charge is 0.343 e. The molecule has 0 bridgehead atoms. The summed E-state index contributed by atoms with van der Waals surface area (Å²) in [5, 5.41) is 8.28. The van der Waals surface area contributed by atoms with E-state index in [0.29, 0.717) is 24.8 Å². The number of aromatic nitrogens is 5. The highest BCUT2D eigenvalue weighted by atomic mass is 16.5. The first-order valence-corrected chi connectivity index (χ1v) is 9.19. The molecule has 8 nitrogen and oxygen atoms in total. The molecule has 0 aliphatic heterocycles. The molecular formula is C20H20N6O2. The van der Waals surface area contributed by atoms with Crippen molar-refractivity contribution in [1.29, 1.82) is 0 Å². The Hall–Kier alpha value is -3.55. The summed E-state index contributed by atoms with van der Waals surface area (Å²) >= 11 is 0. The van der Waals surface area contributed by atoms with Crippen LogP contribution in [0.2, 0.25) is 0 Å². The van der Waals surface area contributed by atoms with Gasteiger partial charge in [0.15, 0.2) is 5.65 Å². The number of likely N-dealkylation sites (N-methyl/N-ethyl adjacent to an activating group) is 1. The van der Waals surface area contributed by atoms with Crippen LogP contribution in [-0.4, -0.2) is 48.6 Å². The molecule has 0 unspecified atom stereocenters. The van der Waals surface area contributed by atoms with Gasteiger partial charge in [0.25, 0.3) is 0 Å². The molecule has 3 heterocycles. The monoisotopic (exact) mass is 376 g/mol. The fraction of sp³-hybridized carbons (Fsp3) is 0.250. The van der Waals surface area contributed by atoms with Crippen LogP contribution >= 0.6 is 0 Å². The quantitative estimate of drug-likeness (QED) is 0.514. The van der Waals surface area contributed by atoms with Gasteiger partial charge in [-0.3, -0.25) is 4.79 Å². The van der Waals surface area contributed by atoms with Crippen molar-refractivity contribution in [2.45, 2.75) is 20.3 Å². The summed E-state index contributed by atoms with van der Waals surface area (Å²) in [6, 6.07) is 11.5. The van der Waals surface area contributed by atoms with Gasteiger partial charge >= 0.3 is 0 Å². The van der Waals surface area contributed by atoms with Crippen LogP contribution in [0.15, 0.2) is 53.3 Å². The molecule has 142 valence electrons. The van der Waals surface area contributed by atoms with E-state index in [9.17, 15) is 4.79 Å². The minimum Gasteiger partial charge on any atom is -0.343 e. The summed E-state index contributed by atoms with van der Waals surface area (Å²) in [7, 11) is 0. The van der Waals surface area contributed by atoms with Crippen molar-refractivity contribution >= 4 is 11.6 Å². The summed E-state index contributed by atoms with van der Waals surface area (Å²) < 4.78 is 7.01. The van der Waals surface area contributed by atoms with Gasteiger partial charge in [0.05, 0.1) is 11.9 Å². The van der Waals surface area contributed by atoms with Gasteiger partial charge in [0, 0.05) is 30.4 Å². The van der Waals surface area contributed by atoms with E-state index in [2.05, 4.69) is 20.2 Å². The van der Waals surface area contributed by atoms with E-state index in [1.165, 1.54) is 0 Å². The number of carbonyl (C=O) groups excluding carboxylic acids is 1. The number of fused-ring (bicyclic) bond motifs is 1. The lowest BCUT2D eigenvalue weighted by atomic mass is 10.1. The molecule has 0 spiro atoms. The van der Waals surface area contributed by atoms with Gasteiger partial charge in [-0.1, -0.05) is 23.4 Å². The van der Waals surface area contributed by atoms with Crippen molar-refractivity contribution in [1.82, 2.24) is 29.6 Å². The van der Waals surface area contributed by atoms with E-state index >= 15 is 0 Å². The zero-order valence-electron chi connectivity index (χ0n) is 15.7. The second-order valence-corrected chi connectivity index (χ2v) is 6.29. The molecule has 0 N–H and O–H groups in total. The van der Waals surface area contributed by atoms with E-state index in [1.54, 1.807) is 15.6 Å². The molecule has 0 fully saturated rings. The maximum Gasteiger partial charge on any atom is 0.236 e. The third-order valence-corrected chi connectivity index (χ3v) is 4.54. The summed E-state index contributed by atoms with van der Waals surface area (Å²) in [5.41, 5.74) is 3.31. The molecule has 3 aromatic heterocycles. The SMILES string of the molecule is CCN(CC)C(=O)Cc1nc(-c2cccc(-c3cn4ncccc4n3)c2)no1. The van der Waals surface area contributed by atoms with Crippen LogP contribution in [0.3, 0.4) is 0 Å². The van der Waals surface area contributed by atoms with Crippen molar-refractivity contribution in [3.05, 3.63) is 54.7 Å². The average molecular weight is 376 g/mol. The van der Waals surface area contributed by atoms with E-state index in [-0.39, 0.29) is 12.3 Å². The van der Waals surface area contributed by atoms with E-state index < -0.39 is 0 Å². The van der Waals surface area contributed by atoms with Gasteiger partial charge in [-0.25, -0.2) is 9.50 Å². The molecule has 0 radical (unpaired) electrons. The highest BCUT2D eigenvalue weighted by Gasteiger charge is 2.16. The Balaban J connectivity index is 1.58. The van der Waals surface area contributed by atoms with Crippen LogP contribution in [0.5, 0.6) is 0 Å². The van der Waals surface area contributed by atoms with Gasteiger partial charge in [-0.05, 0) is 32.0 Å². The van der Waals surface area contributed by atoms with E-state index in [0.717, 1.165) is 22.5 Å². The number of hydrogen-bond donors (Lipinski definition) is 0. The first kappa shape index (κ1) is 17.8. The van der Waals surface area contributed by atoms with Crippen molar-refractivity contribution in [2.75, 3.05) is 13.1 Å². The zero-order valence-corrected chi connectivity index (χ0v) is 15.7. The third kappa shape index (κ3) is 3.48. The lowest BCUT2D eigenvalue weighted by molar-refractivity contribution is -0.130. The normalized spacial score (nSPS) is 11.1. The predicted molar refractivity (Wildman–Crippen MR) is 103 cm³/mol. The Morgan fingerprint density at radius 1 is 1.11 bits per heavy atom. The average Bonchev–Trinajstić information content (AvgIpc) is 3.36. The standard InChI is InChI=1S/C20H20N6O2/c1-3-25(4-2)19(27)12-18-23-20(24-28-18)15-8-5-7-14(11-15)16-13-26-17(22-16)9-6-10-21-26/h5-11,13H,3-4,12H2,1-2H3. The molecule has 28 heavy (non-hydrogen) atoms. The molecule has 1 aromatic carbocycles. The minimum atomic E-state index is -0.0221. The second kappa shape index (κ2) is 7.59. The molecule has 0 aliphatic carbocycles. The zero-order chi connectivity index (χ0) is 19.5. The fourth-order valence-corrected chi connectivity index (χ4v) is 3.05. The Kier molecular flexibility index (Phi) is 4.84. The lowest BCUT2D eigenvalue weighted by Gasteiger charge is -2.17. The van der Waals surface area contributed by atoms with Gasteiger partial charge in [-0.2, -0.15) is 10.1 Å². The van der Waals surface area contributed by atoms with Crippen LogP contribution in [0.25, 0.3) is 28.3 Å². The van der Waals surface area contributed by atoms with E-state index in [1.807, 2.05) is 56.4 Å². The molecule has 0 saturated heterocycles. The number of amides is 1. The van der Waals surface area contributed by atoms with Crippen LogP contribution in [0.1, 0.15) is 19.7 Å². The van der Waals surface area contributed by atoms with Crippen molar-refractivity contribution in [3.63, 3.8) is 0 Å². The Labute approximate surface area is 161 Å². The van der Waals surface area contributed by atoms with Gasteiger partial charge < -0.3 is 9.42 Å². The molecule has 4 rings (SSSR count). The second-order valence-electron chi connectivity index (χ2n) is 6.29. The fourth-order valence-electron chi connectivity index (χ4n) is 3.05. The number of hydrogen-bond acceptors (Lipinski definition) is 6. The van der Waals surface area contributed by atoms with Crippen molar-refractivity contribution < 1.29 is 9.32 Å². The number of nitrogens with zero attached hydrogens (tertiary/aromatic N) is 6. The minimum absolute atomic E-state index is 0.0221. The first-order chi connectivity index (χ1) is 13.7. The summed E-state index contributed by atoms with van der Waals surface area (Å²) in [6.07, 6.45) is 3.69. The molecule has 0 aliphatic rings. The van der Waals surface area contributed by atoms with Gasteiger partial charge in [0.1, 0.15) is 6.42 Å². The molecule has 0 saturated carbocycles. The maximum atomic E-state index is 12.2. The molecule has 8 heteroatoms. The first-order valence-electron chi connectivity index (χ1n) is 9.19. The number of benzene rings is 1. The number of carbonyl (C=O) groups is 1. The van der Waals surface area contributed by atoms with Crippen molar-refractivity contribution in [2.24, 2.45) is 0 Å². The summed E-state index contributed by atoms with van der Waals surface area (Å²) in [6.45, 7) is 5.21.